The van der Waals surface area contributed by atoms with Gasteiger partial charge in [0.2, 0.25) is 0 Å². The fraction of sp³-hybridized carbons (Fsp3) is 0.571. The molecule has 0 radical (unpaired) electrons. The number of anilines is 1. The third-order valence-electron chi connectivity index (χ3n) is 3.60. The van der Waals surface area contributed by atoms with Gasteiger partial charge in [-0.1, -0.05) is 22.4 Å². The second-order valence-corrected chi connectivity index (χ2v) is 7.00. The molecule has 1 aromatic rings. The number of rotatable bonds is 4. The van der Waals surface area contributed by atoms with Crippen LogP contribution in [0.1, 0.15) is 25.7 Å². The number of nitrogens with two attached hydrogens (primary N) is 1. The molecule has 0 amide bonds. The summed E-state index contributed by atoms with van der Waals surface area (Å²) in [5.74, 6) is 1.15. The highest BCUT2D eigenvalue weighted by molar-refractivity contribution is 9.10. The molecule has 1 unspecified atom stereocenters. The normalized spacial score (nSPS) is 21.1. The van der Waals surface area contributed by atoms with E-state index >= 15 is 0 Å². The molecule has 2 N–H and O–H groups in total. The van der Waals surface area contributed by atoms with Crippen LogP contribution >= 0.6 is 27.7 Å². The number of nitrogens with zero attached hydrogens (tertiary/aromatic N) is 1. The van der Waals surface area contributed by atoms with Crippen molar-refractivity contribution in [1.82, 2.24) is 4.90 Å². The van der Waals surface area contributed by atoms with E-state index < -0.39 is 0 Å². The largest absolute Gasteiger partial charge is 0.398 e. The number of thioether (sulfide) groups is 1. The molecule has 1 fully saturated rings. The average Bonchev–Trinajstić information content (AvgIpc) is 2.34. The van der Waals surface area contributed by atoms with Gasteiger partial charge in [0.05, 0.1) is 0 Å². The highest BCUT2D eigenvalue weighted by Crippen LogP contribution is 2.29. The van der Waals surface area contributed by atoms with E-state index in [0.717, 1.165) is 22.0 Å². The summed E-state index contributed by atoms with van der Waals surface area (Å²) in [7, 11) is 2.25. The number of nitrogen functional groups attached to an aromatic ring is 1. The molecule has 1 aliphatic heterocycles. The Morgan fingerprint density at radius 2 is 2.28 bits per heavy atom. The molecule has 1 heterocycles. The Bertz CT molecular complexity index is 397. The van der Waals surface area contributed by atoms with Crippen LogP contribution in [0, 0.1) is 0 Å². The summed E-state index contributed by atoms with van der Waals surface area (Å²) in [6.07, 6.45) is 5.36. The quantitative estimate of drug-likeness (QED) is 0.669. The number of piperidine rings is 1. The Kier molecular flexibility index (Phi) is 5.39. The summed E-state index contributed by atoms with van der Waals surface area (Å²) in [4.78, 5) is 3.71. The van der Waals surface area contributed by atoms with Crippen LogP contribution in [0.3, 0.4) is 0 Å². The Hall–Kier alpha value is -0.190. The Balaban J connectivity index is 1.81. The molecule has 0 bridgehead atoms. The maximum Gasteiger partial charge on any atom is 0.0463 e. The van der Waals surface area contributed by atoms with Crippen molar-refractivity contribution >= 4 is 33.4 Å². The molecule has 0 aromatic heterocycles. The molecule has 1 aliphatic rings. The molecule has 0 saturated carbocycles. The molecule has 2 rings (SSSR count). The number of likely N-dealkylation sites (tertiary alicyclic amines) is 1. The van der Waals surface area contributed by atoms with Crippen molar-refractivity contribution in [2.24, 2.45) is 0 Å². The summed E-state index contributed by atoms with van der Waals surface area (Å²) < 4.78 is 1.05. The van der Waals surface area contributed by atoms with E-state index in [2.05, 4.69) is 40.0 Å². The maximum absolute atomic E-state index is 6.01. The molecule has 100 valence electrons. The molecule has 2 nitrogen and oxygen atoms in total. The van der Waals surface area contributed by atoms with E-state index in [-0.39, 0.29) is 0 Å². The molecule has 0 spiro atoms. The van der Waals surface area contributed by atoms with Gasteiger partial charge in [0.1, 0.15) is 0 Å². The van der Waals surface area contributed by atoms with Crippen LogP contribution in [-0.2, 0) is 0 Å². The molecular weight excluding hydrogens is 308 g/mol. The van der Waals surface area contributed by atoms with Gasteiger partial charge in [0.15, 0.2) is 0 Å². The Morgan fingerprint density at radius 3 is 3.00 bits per heavy atom. The number of benzene rings is 1. The lowest BCUT2D eigenvalue weighted by atomic mass is 10.0. The van der Waals surface area contributed by atoms with Gasteiger partial charge in [-0.25, -0.2) is 0 Å². The highest BCUT2D eigenvalue weighted by atomic mass is 79.9. The molecule has 1 saturated heterocycles. The molecule has 18 heavy (non-hydrogen) atoms. The average molecular weight is 329 g/mol. The summed E-state index contributed by atoms with van der Waals surface area (Å²) in [6, 6.07) is 6.91. The van der Waals surface area contributed by atoms with Gasteiger partial charge in [-0.2, -0.15) is 0 Å². The van der Waals surface area contributed by atoms with Crippen molar-refractivity contribution in [1.29, 1.82) is 0 Å². The summed E-state index contributed by atoms with van der Waals surface area (Å²) >= 11 is 5.32. The minimum absolute atomic E-state index is 0.767. The van der Waals surface area contributed by atoms with Crippen LogP contribution in [0.25, 0.3) is 0 Å². The van der Waals surface area contributed by atoms with Crippen molar-refractivity contribution in [3.05, 3.63) is 22.7 Å². The van der Waals surface area contributed by atoms with E-state index in [1.807, 2.05) is 17.8 Å². The first-order valence-electron chi connectivity index (χ1n) is 6.55. The lowest BCUT2D eigenvalue weighted by molar-refractivity contribution is 0.182. The SMILES string of the molecule is CN1CCCCC1CCSc1ccc(Br)cc1N. The molecule has 1 atom stereocenters. The van der Waals surface area contributed by atoms with Gasteiger partial charge in [0, 0.05) is 21.1 Å². The van der Waals surface area contributed by atoms with Crippen LogP contribution in [0.2, 0.25) is 0 Å². The number of halogens is 1. The zero-order chi connectivity index (χ0) is 13.0. The van der Waals surface area contributed by atoms with Gasteiger partial charge >= 0.3 is 0 Å². The fourth-order valence-corrected chi connectivity index (χ4v) is 3.84. The fourth-order valence-electron chi connectivity index (χ4n) is 2.46. The van der Waals surface area contributed by atoms with E-state index in [0.29, 0.717) is 0 Å². The van der Waals surface area contributed by atoms with Crippen molar-refractivity contribution in [2.45, 2.75) is 36.6 Å². The van der Waals surface area contributed by atoms with E-state index in [4.69, 9.17) is 5.73 Å². The monoisotopic (exact) mass is 328 g/mol. The van der Waals surface area contributed by atoms with Crippen LogP contribution in [0.15, 0.2) is 27.6 Å². The predicted molar refractivity (Wildman–Crippen MR) is 84.2 cm³/mol. The van der Waals surface area contributed by atoms with E-state index in [1.54, 1.807) is 0 Å². The Labute approximate surface area is 122 Å². The zero-order valence-corrected chi connectivity index (χ0v) is 13.3. The van der Waals surface area contributed by atoms with Crippen molar-refractivity contribution < 1.29 is 0 Å². The van der Waals surface area contributed by atoms with Crippen LogP contribution < -0.4 is 5.73 Å². The summed E-state index contributed by atoms with van der Waals surface area (Å²) in [5.41, 5.74) is 6.89. The summed E-state index contributed by atoms with van der Waals surface area (Å²) in [6.45, 7) is 1.26. The number of hydrogen-bond donors (Lipinski definition) is 1. The summed E-state index contributed by atoms with van der Waals surface area (Å²) in [5, 5.41) is 0. The van der Waals surface area contributed by atoms with Crippen molar-refractivity contribution in [3.8, 4) is 0 Å². The first kappa shape index (κ1) is 14.2. The van der Waals surface area contributed by atoms with Gasteiger partial charge < -0.3 is 10.6 Å². The lowest BCUT2D eigenvalue weighted by Gasteiger charge is -2.32. The second kappa shape index (κ2) is 6.83. The first-order valence-corrected chi connectivity index (χ1v) is 8.33. The van der Waals surface area contributed by atoms with Crippen LogP contribution in [-0.4, -0.2) is 30.3 Å². The third-order valence-corrected chi connectivity index (χ3v) is 5.22. The molecule has 0 aliphatic carbocycles. The third kappa shape index (κ3) is 3.90. The zero-order valence-electron chi connectivity index (χ0n) is 10.9. The van der Waals surface area contributed by atoms with E-state index in [9.17, 15) is 0 Å². The Morgan fingerprint density at radius 1 is 1.44 bits per heavy atom. The van der Waals surface area contributed by atoms with Crippen LogP contribution in [0.5, 0.6) is 0 Å². The second-order valence-electron chi connectivity index (χ2n) is 4.95. The van der Waals surface area contributed by atoms with Crippen molar-refractivity contribution in [2.75, 3.05) is 25.1 Å². The lowest BCUT2D eigenvalue weighted by Crippen LogP contribution is -2.36. The first-order chi connectivity index (χ1) is 8.66. The van der Waals surface area contributed by atoms with E-state index in [1.165, 1.54) is 37.1 Å². The van der Waals surface area contributed by atoms with Crippen LogP contribution in [0.4, 0.5) is 5.69 Å². The van der Waals surface area contributed by atoms with Crippen molar-refractivity contribution in [3.63, 3.8) is 0 Å². The predicted octanol–water partition coefficient (Wildman–Crippen LogP) is 4.00. The van der Waals surface area contributed by atoms with Gasteiger partial charge in [-0.05, 0) is 56.8 Å². The minimum Gasteiger partial charge on any atom is -0.398 e. The molecule has 4 heteroatoms. The highest BCUT2D eigenvalue weighted by Gasteiger charge is 2.18. The smallest absolute Gasteiger partial charge is 0.0463 e. The molecular formula is C14H21BrN2S. The van der Waals surface area contributed by atoms with Gasteiger partial charge in [-0.15, -0.1) is 11.8 Å². The topological polar surface area (TPSA) is 29.3 Å². The minimum atomic E-state index is 0.767. The molecule has 1 aromatic carbocycles. The van der Waals surface area contributed by atoms with Gasteiger partial charge in [0.25, 0.3) is 0 Å². The standard InChI is InChI=1S/C14H21BrN2S/c1-17-8-3-2-4-12(17)7-9-18-14-6-5-11(15)10-13(14)16/h5-6,10,12H,2-4,7-9,16H2,1H3. The maximum atomic E-state index is 6.01. The number of hydrogen-bond acceptors (Lipinski definition) is 3. The van der Waals surface area contributed by atoms with Gasteiger partial charge in [-0.3, -0.25) is 0 Å².